The third-order valence-corrected chi connectivity index (χ3v) is 2.94. The molecule has 0 aliphatic rings. The Balaban J connectivity index is 2.25. The molecular formula is C12H9Cl3N4O. The minimum atomic E-state index is -0.380. The number of hydrogen-bond donors (Lipinski definition) is 1. The van der Waals surface area contributed by atoms with Gasteiger partial charge in [0.15, 0.2) is 0 Å². The largest absolute Gasteiger partial charge is 0.306 e. The Kier molecular flexibility index (Phi) is 4.75. The third-order valence-electron chi connectivity index (χ3n) is 2.38. The van der Waals surface area contributed by atoms with Gasteiger partial charge in [-0.3, -0.25) is 4.79 Å². The van der Waals surface area contributed by atoms with Crippen molar-refractivity contribution >= 4 is 46.5 Å². The van der Waals surface area contributed by atoms with Crippen LogP contribution >= 0.6 is 34.8 Å². The van der Waals surface area contributed by atoms with E-state index in [1.54, 1.807) is 6.07 Å². The summed E-state index contributed by atoms with van der Waals surface area (Å²) < 4.78 is 0. The summed E-state index contributed by atoms with van der Waals surface area (Å²) in [6.45, 7) is 1.92. The summed E-state index contributed by atoms with van der Waals surface area (Å²) >= 11 is 17.3. The van der Waals surface area contributed by atoms with Crippen LogP contribution in [0, 0.1) is 0 Å². The number of carbonyl (C=O) groups excluding carboxylic acids is 1. The first-order valence-corrected chi connectivity index (χ1v) is 6.79. The second-order valence-electron chi connectivity index (χ2n) is 3.82. The van der Waals surface area contributed by atoms with Gasteiger partial charge >= 0.3 is 0 Å². The number of anilines is 1. The monoisotopic (exact) mass is 330 g/mol. The topological polar surface area (TPSA) is 67.8 Å². The van der Waals surface area contributed by atoms with Gasteiger partial charge in [0.1, 0.15) is 16.1 Å². The second kappa shape index (κ2) is 6.35. The number of nitrogens with one attached hydrogen (secondary N) is 1. The molecule has 0 spiro atoms. The molecule has 5 nitrogen and oxygen atoms in total. The Bertz CT molecular complexity index is 643. The average Bonchev–Trinajstić information content (AvgIpc) is 2.36. The number of hydrogen-bond acceptors (Lipinski definition) is 4. The first-order valence-electron chi connectivity index (χ1n) is 5.66. The molecule has 20 heavy (non-hydrogen) atoms. The quantitative estimate of drug-likeness (QED) is 0.529. The van der Waals surface area contributed by atoms with Crippen molar-refractivity contribution in [2.24, 2.45) is 0 Å². The van der Waals surface area contributed by atoms with Crippen LogP contribution in [0.3, 0.4) is 0 Å². The molecule has 0 aliphatic carbocycles. The molecule has 0 saturated carbocycles. The molecule has 8 heteroatoms. The van der Waals surface area contributed by atoms with Crippen molar-refractivity contribution < 1.29 is 4.79 Å². The zero-order valence-corrected chi connectivity index (χ0v) is 12.6. The van der Waals surface area contributed by atoms with Crippen molar-refractivity contribution in [3.63, 3.8) is 0 Å². The molecule has 0 unspecified atom stereocenters. The van der Waals surface area contributed by atoms with Crippen LogP contribution in [-0.2, 0) is 6.42 Å². The smallest absolute Gasteiger partial charge is 0.256 e. The number of pyridine rings is 1. The summed E-state index contributed by atoms with van der Waals surface area (Å²) in [6.07, 6.45) is 0.673. The maximum atomic E-state index is 12.1. The Morgan fingerprint density at radius 1 is 1.10 bits per heavy atom. The summed E-state index contributed by atoms with van der Waals surface area (Å²) in [6, 6.07) is 4.53. The summed E-state index contributed by atoms with van der Waals surface area (Å²) in [5.74, 6) is -0.166. The second-order valence-corrected chi connectivity index (χ2v) is 4.94. The molecule has 1 amide bonds. The summed E-state index contributed by atoms with van der Waals surface area (Å²) in [5, 5.41) is 2.93. The number of aromatic nitrogens is 3. The molecule has 2 heterocycles. The van der Waals surface area contributed by atoms with Gasteiger partial charge < -0.3 is 5.32 Å². The fraction of sp³-hybridized carbons (Fsp3) is 0.167. The van der Waals surface area contributed by atoms with Gasteiger partial charge in [0.2, 0.25) is 5.28 Å². The van der Waals surface area contributed by atoms with Crippen LogP contribution in [0.2, 0.25) is 15.6 Å². The number of halogens is 3. The molecule has 2 rings (SSSR count). The maximum absolute atomic E-state index is 12.1. The van der Waals surface area contributed by atoms with E-state index in [0.717, 1.165) is 5.69 Å². The molecule has 1 N–H and O–H groups in total. The Morgan fingerprint density at radius 2 is 1.80 bits per heavy atom. The zero-order valence-electron chi connectivity index (χ0n) is 10.3. The van der Waals surface area contributed by atoms with Gasteiger partial charge in [0.05, 0.1) is 0 Å². The van der Waals surface area contributed by atoms with Crippen LogP contribution in [0.25, 0.3) is 0 Å². The normalized spacial score (nSPS) is 10.4. The third kappa shape index (κ3) is 3.79. The maximum Gasteiger partial charge on any atom is 0.256 e. The van der Waals surface area contributed by atoms with E-state index in [2.05, 4.69) is 20.3 Å². The SMILES string of the molecule is CCc1cc(C(=O)Nc2cc(Cl)nc(Cl)n2)cc(Cl)n1. The highest BCUT2D eigenvalue weighted by Gasteiger charge is 2.11. The molecule has 0 bridgehead atoms. The van der Waals surface area contributed by atoms with Gasteiger partial charge in [-0.05, 0) is 30.2 Å². The van der Waals surface area contributed by atoms with Crippen LogP contribution in [-0.4, -0.2) is 20.9 Å². The highest BCUT2D eigenvalue weighted by molar-refractivity contribution is 6.32. The number of carbonyl (C=O) groups is 1. The number of aryl methyl sites for hydroxylation is 1. The van der Waals surface area contributed by atoms with Crippen molar-refractivity contribution in [2.45, 2.75) is 13.3 Å². The molecule has 104 valence electrons. The van der Waals surface area contributed by atoms with E-state index in [0.29, 0.717) is 12.0 Å². The standard InChI is InChI=1S/C12H9Cl3N4O/c1-2-7-3-6(4-8(13)16-7)11(20)18-10-5-9(14)17-12(15)19-10/h3-5H,2H2,1H3,(H,17,18,19,20). The predicted molar refractivity (Wildman–Crippen MR) is 78.6 cm³/mol. The molecule has 2 aromatic heterocycles. The fourth-order valence-corrected chi connectivity index (χ4v) is 2.14. The number of rotatable bonds is 3. The average molecular weight is 332 g/mol. The lowest BCUT2D eigenvalue weighted by Gasteiger charge is -2.06. The number of amides is 1. The Morgan fingerprint density at radius 3 is 2.45 bits per heavy atom. The molecule has 0 saturated heterocycles. The van der Waals surface area contributed by atoms with E-state index in [1.165, 1.54) is 12.1 Å². The molecule has 0 atom stereocenters. The van der Waals surface area contributed by atoms with Crippen molar-refractivity contribution in [1.82, 2.24) is 15.0 Å². The zero-order chi connectivity index (χ0) is 14.7. The van der Waals surface area contributed by atoms with Gasteiger partial charge in [0, 0.05) is 17.3 Å². The lowest BCUT2D eigenvalue weighted by Crippen LogP contribution is -2.14. The summed E-state index contributed by atoms with van der Waals surface area (Å²) in [4.78, 5) is 23.7. The molecule has 0 fully saturated rings. The van der Waals surface area contributed by atoms with Crippen LogP contribution < -0.4 is 5.32 Å². The van der Waals surface area contributed by atoms with Crippen LogP contribution in [0.1, 0.15) is 23.0 Å². The van der Waals surface area contributed by atoms with Gasteiger partial charge in [-0.1, -0.05) is 30.1 Å². The highest BCUT2D eigenvalue weighted by atomic mass is 35.5. The van der Waals surface area contributed by atoms with Gasteiger partial charge in [-0.15, -0.1) is 0 Å². The van der Waals surface area contributed by atoms with Crippen molar-refractivity contribution in [3.05, 3.63) is 45.0 Å². The van der Waals surface area contributed by atoms with Crippen molar-refractivity contribution in [1.29, 1.82) is 0 Å². The minimum absolute atomic E-state index is 0.0465. The molecule has 0 radical (unpaired) electrons. The number of nitrogens with zero attached hydrogens (tertiary/aromatic N) is 3. The predicted octanol–water partition coefficient (Wildman–Crippen LogP) is 3.65. The van der Waals surface area contributed by atoms with Gasteiger partial charge in [-0.2, -0.15) is 0 Å². The van der Waals surface area contributed by atoms with Crippen molar-refractivity contribution in [3.8, 4) is 0 Å². The first kappa shape index (κ1) is 15.0. The van der Waals surface area contributed by atoms with E-state index in [-0.39, 0.29) is 27.3 Å². The molecule has 0 aliphatic heterocycles. The van der Waals surface area contributed by atoms with Crippen molar-refractivity contribution in [2.75, 3.05) is 5.32 Å². The summed E-state index contributed by atoms with van der Waals surface area (Å²) in [5.41, 5.74) is 1.11. The Hall–Kier alpha value is -1.43. The lowest BCUT2D eigenvalue weighted by molar-refractivity contribution is 0.102. The Labute approximate surface area is 130 Å². The van der Waals surface area contributed by atoms with Crippen LogP contribution in [0.4, 0.5) is 5.82 Å². The highest BCUT2D eigenvalue weighted by Crippen LogP contribution is 2.17. The molecule has 0 aromatic carbocycles. The lowest BCUT2D eigenvalue weighted by atomic mass is 10.2. The van der Waals surface area contributed by atoms with E-state index in [4.69, 9.17) is 34.8 Å². The minimum Gasteiger partial charge on any atom is -0.306 e. The molecule has 2 aromatic rings. The van der Waals surface area contributed by atoms with Gasteiger partial charge in [-0.25, -0.2) is 15.0 Å². The van der Waals surface area contributed by atoms with E-state index in [1.807, 2.05) is 6.92 Å². The molecular weight excluding hydrogens is 323 g/mol. The first-order chi connectivity index (χ1) is 9.47. The summed E-state index contributed by atoms with van der Waals surface area (Å²) in [7, 11) is 0. The van der Waals surface area contributed by atoms with E-state index < -0.39 is 0 Å². The fourth-order valence-electron chi connectivity index (χ4n) is 1.51. The van der Waals surface area contributed by atoms with Crippen LogP contribution in [0.5, 0.6) is 0 Å². The van der Waals surface area contributed by atoms with Gasteiger partial charge in [0.25, 0.3) is 5.91 Å². The van der Waals surface area contributed by atoms with E-state index in [9.17, 15) is 4.79 Å². The van der Waals surface area contributed by atoms with E-state index >= 15 is 0 Å². The van der Waals surface area contributed by atoms with Crippen LogP contribution in [0.15, 0.2) is 18.2 Å².